The second-order valence-electron chi connectivity index (χ2n) is 6.77. The molecule has 0 saturated heterocycles. The van der Waals surface area contributed by atoms with Crippen LogP contribution in [0.3, 0.4) is 0 Å². The maximum atomic E-state index is 12.5. The van der Waals surface area contributed by atoms with Gasteiger partial charge in [0.15, 0.2) is 11.7 Å². The Morgan fingerprint density at radius 3 is 2.00 bits per heavy atom. The highest BCUT2D eigenvalue weighted by molar-refractivity contribution is 5.77. The minimum Gasteiger partial charge on any atom is -0.481 e. The molecule has 31 heavy (non-hydrogen) atoms. The van der Waals surface area contributed by atoms with Gasteiger partial charge in [-0.25, -0.2) is 0 Å². The third-order valence-corrected chi connectivity index (χ3v) is 4.92. The summed E-state index contributed by atoms with van der Waals surface area (Å²) < 4.78 is 16.5. The van der Waals surface area contributed by atoms with Gasteiger partial charge in [-0.05, 0) is 11.1 Å². The summed E-state index contributed by atoms with van der Waals surface area (Å²) >= 11 is 0. The first kappa shape index (κ1) is 22.2. The largest absolute Gasteiger partial charge is 0.481 e. The van der Waals surface area contributed by atoms with E-state index in [1.807, 2.05) is 30.3 Å². The van der Waals surface area contributed by atoms with Crippen LogP contribution in [0.4, 0.5) is 0 Å². The maximum Gasteiger partial charge on any atom is 0.317 e. The van der Waals surface area contributed by atoms with Gasteiger partial charge in [-0.1, -0.05) is 60.7 Å². The topological polar surface area (TPSA) is 111 Å². The average Bonchev–Trinajstić information content (AvgIpc) is 2.82. The van der Waals surface area contributed by atoms with Crippen molar-refractivity contribution in [3.05, 3.63) is 83.7 Å². The number of methoxy groups -OCH3 is 2. The molecule has 1 heterocycles. The van der Waals surface area contributed by atoms with Gasteiger partial charge in [0.05, 0.1) is 33.5 Å². The molecule has 2 N–H and O–H groups in total. The van der Waals surface area contributed by atoms with E-state index in [-0.39, 0.29) is 24.2 Å². The van der Waals surface area contributed by atoms with Gasteiger partial charge in [0, 0.05) is 0 Å². The van der Waals surface area contributed by atoms with E-state index >= 15 is 0 Å². The molecule has 8 heteroatoms. The number of carbonyl (C=O) groups is 1. The molecular weight excluding hydrogens is 400 g/mol. The molecule has 0 aliphatic carbocycles. The second kappa shape index (κ2) is 10.0. The quantitative estimate of drug-likeness (QED) is 0.511. The molecule has 2 aromatic carbocycles. The van der Waals surface area contributed by atoms with E-state index in [4.69, 9.17) is 14.2 Å². The summed E-state index contributed by atoms with van der Waals surface area (Å²) in [5, 5.41) is 20.8. The van der Waals surface area contributed by atoms with Crippen molar-refractivity contribution in [2.24, 2.45) is 0 Å². The third kappa shape index (κ3) is 4.82. The molecule has 0 fully saturated rings. The van der Waals surface area contributed by atoms with Crippen LogP contribution in [0.15, 0.2) is 66.7 Å². The lowest BCUT2D eigenvalue weighted by molar-refractivity contribution is -0.160. The lowest BCUT2D eigenvalue weighted by Gasteiger charge is -2.37. The molecule has 2 atom stereocenters. The Morgan fingerprint density at radius 1 is 0.968 bits per heavy atom. The van der Waals surface area contributed by atoms with Crippen LogP contribution >= 0.6 is 0 Å². The monoisotopic (exact) mass is 424 g/mol. The number of aromatic nitrogens is 2. The summed E-state index contributed by atoms with van der Waals surface area (Å²) in [6, 6.07) is 19.4. The Morgan fingerprint density at radius 2 is 1.52 bits per heavy atom. The molecule has 0 spiro atoms. The molecule has 162 valence electrons. The number of benzene rings is 2. The first-order valence-electron chi connectivity index (χ1n) is 9.58. The van der Waals surface area contributed by atoms with E-state index in [0.29, 0.717) is 5.56 Å². The van der Waals surface area contributed by atoms with Gasteiger partial charge < -0.3 is 24.4 Å². The van der Waals surface area contributed by atoms with E-state index in [9.17, 15) is 15.0 Å². The molecule has 0 aliphatic rings. The number of carboxylic acid groups (broad SMARTS) is 1. The summed E-state index contributed by atoms with van der Waals surface area (Å²) in [6.07, 6.45) is 0. The van der Waals surface area contributed by atoms with Gasteiger partial charge in [-0.15, -0.1) is 0 Å². The van der Waals surface area contributed by atoms with Crippen molar-refractivity contribution in [3.63, 3.8) is 0 Å². The molecule has 2 unspecified atom stereocenters. The zero-order valence-electron chi connectivity index (χ0n) is 17.3. The number of aliphatic hydroxyl groups excluding tert-OH is 1. The highest BCUT2D eigenvalue weighted by Gasteiger charge is 2.49. The van der Waals surface area contributed by atoms with Crippen molar-refractivity contribution >= 4 is 5.97 Å². The fourth-order valence-corrected chi connectivity index (χ4v) is 3.35. The first-order chi connectivity index (χ1) is 15.0. The summed E-state index contributed by atoms with van der Waals surface area (Å²) in [7, 11) is 2.81. The minimum absolute atomic E-state index is 0.0706. The standard InChI is InChI=1S/C23H24N2O6/c1-29-18-13-19(30-2)25-21(24-18)20(22(27)28)23(15-26,17-11-7-4-8-12-17)31-14-16-9-5-3-6-10-16/h3-13,20,26H,14-15H2,1-2H3,(H,27,28). The molecular formula is C23H24N2O6. The van der Waals surface area contributed by atoms with Crippen LogP contribution < -0.4 is 9.47 Å². The smallest absolute Gasteiger partial charge is 0.317 e. The molecule has 0 radical (unpaired) electrons. The Kier molecular flexibility index (Phi) is 7.17. The average molecular weight is 424 g/mol. The normalized spacial score (nSPS) is 13.8. The summed E-state index contributed by atoms with van der Waals surface area (Å²) in [5.41, 5.74) is -0.365. The fraction of sp³-hybridized carbons (Fsp3) is 0.261. The summed E-state index contributed by atoms with van der Waals surface area (Å²) in [4.78, 5) is 21.0. The van der Waals surface area contributed by atoms with E-state index < -0.39 is 24.1 Å². The number of hydrogen-bond donors (Lipinski definition) is 2. The Balaban J connectivity index is 2.16. The lowest BCUT2D eigenvalue weighted by Crippen LogP contribution is -2.44. The van der Waals surface area contributed by atoms with Crippen molar-refractivity contribution in [2.45, 2.75) is 18.1 Å². The molecule has 1 aromatic heterocycles. The molecule has 0 amide bonds. The summed E-state index contributed by atoms with van der Waals surface area (Å²) in [5.74, 6) is -2.55. The Labute approximate surface area is 180 Å². The number of aliphatic carboxylic acids is 1. The van der Waals surface area contributed by atoms with Crippen LogP contribution in [0.5, 0.6) is 11.8 Å². The van der Waals surface area contributed by atoms with E-state index in [1.54, 1.807) is 30.3 Å². The number of rotatable bonds is 10. The number of ether oxygens (including phenoxy) is 3. The van der Waals surface area contributed by atoms with Gasteiger partial charge in [-0.2, -0.15) is 9.97 Å². The SMILES string of the molecule is COc1cc(OC)nc(C(C(=O)O)C(CO)(OCc2ccccc2)c2ccccc2)n1. The second-order valence-corrected chi connectivity index (χ2v) is 6.77. The van der Waals surface area contributed by atoms with Gasteiger partial charge in [0.2, 0.25) is 11.8 Å². The molecule has 0 aliphatic heterocycles. The van der Waals surface area contributed by atoms with Crippen LogP contribution in [0, 0.1) is 0 Å². The van der Waals surface area contributed by atoms with Gasteiger partial charge in [0.1, 0.15) is 5.60 Å². The van der Waals surface area contributed by atoms with Crippen molar-refractivity contribution in [1.29, 1.82) is 0 Å². The lowest BCUT2D eigenvalue weighted by atomic mass is 9.80. The van der Waals surface area contributed by atoms with E-state index in [1.165, 1.54) is 20.3 Å². The van der Waals surface area contributed by atoms with E-state index in [0.717, 1.165) is 5.56 Å². The first-order valence-corrected chi connectivity index (χ1v) is 9.58. The number of nitrogens with zero attached hydrogens (tertiary/aromatic N) is 2. The highest BCUT2D eigenvalue weighted by atomic mass is 16.5. The van der Waals surface area contributed by atoms with Crippen LogP contribution in [0.2, 0.25) is 0 Å². The van der Waals surface area contributed by atoms with Gasteiger partial charge in [0.25, 0.3) is 0 Å². The highest BCUT2D eigenvalue weighted by Crippen LogP contribution is 2.41. The van der Waals surface area contributed by atoms with Crippen LogP contribution in [0.25, 0.3) is 0 Å². The van der Waals surface area contributed by atoms with Crippen molar-refractivity contribution in [3.8, 4) is 11.8 Å². The van der Waals surface area contributed by atoms with Crippen LogP contribution in [-0.4, -0.2) is 47.0 Å². The Bertz CT molecular complexity index is 977. The zero-order valence-corrected chi connectivity index (χ0v) is 17.3. The van der Waals surface area contributed by atoms with Gasteiger partial charge in [-0.3, -0.25) is 4.79 Å². The predicted molar refractivity (Wildman–Crippen MR) is 112 cm³/mol. The minimum atomic E-state index is -1.67. The van der Waals surface area contributed by atoms with E-state index in [2.05, 4.69) is 9.97 Å². The number of aliphatic hydroxyl groups is 1. The van der Waals surface area contributed by atoms with Gasteiger partial charge >= 0.3 is 5.97 Å². The fourth-order valence-electron chi connectivity index (χ4n) is 3.35. The molecule has 3 aromatic rings. The number of hydrogen-bond acceptors (Lipinski definition) is 7. The van der Waals surface area contributed by atoms with Crippen molar-refractivity contribution < 1.29 is 29.2 Å². The molecule has 3 rings (SSSR count). The maximum absolute atomic E-state index is 12.5. The third-order valence-electron chi connectivity index (χ3n) is 4.92. The van der Waals surface area contributed by atoms with Crippen molar-refractivity contribution in [1.82, 2.24) is 9.97 Å². The van der Waals surface area contributed by atoms with Crippen LogP contribution in [0.1, 0.15) is 22.9 Å². The zero-order chi connectivity index (χ0) is 22.3. The summed E-state index contributed by atoms with van der Waals surface area (Å²) in [6.45, 7) is -0.551. The molecule has 8 nitrogen and oxygen atoms in total. The Hall–Kier alpha value is -3.49. The molecule has 0 bridgehead atoms. The predicted octanol–water partition coefficient (Wildman–Crippen LogP) is 2.77. The number of carboxylic acids is 1. The van der Waals surface area contributed by atoms with Crippen molar-refractivity contribution in [2.75, 3.05) is 20.8 Å². The molecule has 0 saturated carbocycles. The van der Waals surface area contributed by atoms with Crippen LogP contribution in [-0.2, 0) is 21.7 Å².